The van der Waals surface area contributed by atoms with Crippen molar-refractivity contribution in [2.45, 2.75) is 69.9 Å². The molecule has 168 valence electrons. The van der Waals surface area contributed by atoms with E-state index >= 15 is 0 Å². The fraction of sp³-hybridized carbons (Fsp3) is 0.640. The smallest absolute Gasteiger partial charge is 0.241 e. The van der Waals surface area contributed by atoms with E-state index in [2.05, 4.69) is 29.6 Å². The lowest BCUT2D eigenvalue weighted by molar-refractivity contribution is -0.137. The molecule has 1 unspecified atom stereocenters. The Bertz CT molecular complexity index is 827. The van der Waals surface area contributed by atoms with Crippen LogP contribution in [0.5, 0.6) is 0 Å². The number of thiocarbonyl (C=S) groups is 1. The SMILES string of the molecule is O=C(CCCC[C@@H]1CCc2ccccc2C1)C1C(=S)CN[C@@H]1C(=O)N1CCC[C@H]1CO. The number of aliphatic hydroxyl groups is 1. The predicted octanol–water partition coefficient (Wildman–Crippen LogP) is 2.86. The molecule has 0 spiro atoms. The fourth-order valence-electron chi connectivity index (χ4n) is 5.62. The molecule has 2 heterocycles. The zero-order valence-corrected chi connectivity index (χ0v) is 19.0. The van der Waals surface area contributed by atoms with E-state index in [0.717, 1.165) is 44.9 Å². The first-order chi connectivity index (χ1) is 15.1. The van der Waals surface area contributed by atoms with Gasteiger partial charge in [0.1, 0.15) is 11.8 Å². The molecule has 1 aliphatic carbocycles. The average molecular weight is 443 g/mol. The summed E-state index contributed by atoms with van der Waals surface area (Å²) in [5.74, 6) is 0.237. The largest absolute Gasteiger partial charge is 0.394 e. The van der Waals surface area contributed by atoms with Crippen molar-refractivity contribution in [1.29, 1.82) is 0 Å². The minimum absolute atomic E-state index is 0.0207. The van der Waals surface area contributed by atoms with Crippen LogP contribution in [0.25, 0.3) is 0 Å². The third-order valence-electron chi connectivity index (χ3n) is 7.39. The molecule has 0 aromatic heterocycles. The number of carbonyl (C=O) groups excluding carboxylic acids is 2. The summed E-state index contributed by atoms with van der Waals surface area (Å²) in [6.45, 7) is 1.08. The normalized spacial score (nSPS) is 28.0. The van der Waals surface area contributed by atoms with Crippen molar-refractivity contribution in [3.8, 4) is 0 Å². The molecule has 0 radical (unpaired) electrons. The van der Waals surface area contributed by atoms with Gasteiger partial charge in [-0.05, 0) is 55.6 Å². The Hall–Kier alpha value is -1.63. The molecule has 5 nitrogen and oxygen atoms in total. The van der Waals surface area contributed by atoms with Crippen LogP contribution in [0.4, 0.5) is 0 Å². The molecular weight excluding hydrogens is 408 g/mol. The Morgan fingerprint density at radius 1 is 1.16 bits per heavy atom. The number of hydrogen-bond donors (Lipinski definition) is 2. The number of aliphatic hydroxyl groups excluding tert-OH is 1. The van der Waals surface area contributed by atoms with Crippen LogP contribution in [0.3, 0.4) is 0 Å². The molecule has 2 saturated heterocycles. The van der Waals surface area contributed by atoms with Crippen molar-refractivity contribution in [1.82, 2.24) is 10.2 Å². The summed E-state index contributed by atoms with van der Waals surface area (Å²) < 4.78 is 0. The van der Waals surface area contributed by atoms with E-state index in [1.54, 1.807) is 4.90 Å². The lowest BCUT2D eigenvalue weighted by Gasteiger charge is -2.28. The quantitative estimate of drug-likeness (QED) is 0.479. The zero-order chi connectivity index (χ0) is 21.8. The van der Waals surface area contributed by atoms with Gasteiger partial charge in [0.05, 0.1) is 18.6 Å². The van der Waals surface area contributed by atoms with Crippen molar-refractivity contribution in [2.75, 3.05) is 19.7 Å². The van der Waals surface area contributed by atoms with Crippen LogP contribution in [0.2, 0.25) is 0 Å². The number of carbonyl (C=O) groups is 2. The third kappa shape index (κ3) is 5.07. The van der Waals surface area contributed by atoms with Crippen LogP contribution in [0, 0.1) is 11.8 Å². The number of rotatable bonds is 8. The summed E-state index contributed by atoms with van der Waals surface area (Å²) in [5.41, 5.74) is 2.98. The van der Waals surface area contributed by atoms with E-state index in [-0.39, 0.29) is 24.3 Å². The number of likely N-dealkylation sites (tertiary alicyclic amines) is 1. The second-order valence-electron chi connectivity index (χ2n) is 9.40. The highest BCUT2D eigenvalue weighted by Gasteiger charge is 2.44. The minimum atomic E-state index is -0.554. The summed E-state index contributed by atoms with van der Waals surface area (Å²) in [5, 5.41) is 12.7. The first-order valence-corrected chi connectivity index (χ1v) is 12.3. The van der Waals surface area contributed by atoms with Crippen molar-refractivity contribution >= 4 is 28.8 Å². The number of fused-ring (bicyclic) bond motifs is 1. The molecule has 4 atom stereocenters. The molecule has 6 heteroatoms. The summed E-state index contributed by atoms with van der Waals surface area (Å²) >= 11 is 5.46. The molecular formula is C25H34N2O3S. The van der Waals surface area contributed by atoms with Gasteiger partial charge in [0, 0.05) is 24.4 Å². The summed E-state index contributed by atoms with van der Waals surface area (Å²) in [4.78, 5) is 28.5. The number of nitrogens with zero attached hydrogens (tertiary/aromatic N) is 1. The maximum Gasteiger partial charge on any atom is 0.241 e. The van der Waals surface area contributed by atoms with Gasteiger partial charge < -0.3 is 15.3 Å². The Balaban J connectivity index is 1.25. The molecule has 2 aliphatic heterocycles. The van der Waals surface area contributed by atoms with E-state index in [9.17, 15) is 14.7 Å². The van der Waals surface area contributed by atoms with Crippen LogP contribution in [-0.4, -0.2) is 58.3 Å². The van der Waals surface area contributed by atoms with E-state index in [4.69, 9.17) is 12.2 Å². The second-order valence-corrected chi connectivity index (χ2v) is 9.93. The van der Waals surface area contributed by atoms with E-state index in [1.807, 2.05) is 0 Å². The predicted molar refractivity (Wildman–Crippen MR) is 125 cm³/mol. The Kier molecular flexibility index (Phi) is 7.51. The van der Waals surface area contributed by atoms with Gasteiger partial charge in [0.15, 0.2) is 0 Å². The molecule has 31 heavy (non-hydrogen) atoms. The van der Waals surface area contributed by atoms with E-state index < -0.39 is 12.0 Å². The average Bonchev–Trinajstić information content (AvgIpc) is 3.42. The monoisotopic (exact) mass is 442 g/mol. The molecule has 0 bridgehead atoms. The van der Waals surface area contributed by atoms with Gasteiger partial charge in [-0.25, -0.2) is 0 Å². The van der Waals surface area contributed by atoms with Crippen LogP contribution >= 0.6 is 12.2 Å². The van der Waals surface area contributed by atoms with Crippen LogP contribution in [-0.2, 0) is 22.4 Å². The van der Waals surface area contributed by atoms with Gasteiger partial charge in [-0.1, -0.05) is 49.3 Å². The minimum Gasteiger partial charge on any atom is -0.394 e. The summed E-state index contributed by atoms with van der Waals surface area (Å²) in [7, 11) is 0. The maximum atomic E-state index is 13.1. The van der Waals surface area contributed by atoms with E-state index in [0.29, 0.717) is 30.3 Å². The number of unbranched alkanes of at least 4 members (excludes halogenated alkanes) is 1. The van der Waals surface area contributed by atoms with Gasteiger partial charge in [-0.15, -0.1) is 0 Å². The van der Waals surface area contributed by atoms with Crippen molar-refractivity contribution in [3.05, 3.63) is 35.4 Å². The molecule has 1 amide bonds. The molecule has 2 N–H and O–H groups in total. The third-order valence-corrected chi connectivity index (χ3v) is 7.79. The van der Waals surface area contributed by atoms with Crippen molar-refractivity contribution in [2.24, 2.45) is 11.8 Å². The number of ketones is 1. The molecule has 4 rings (SSSR count). The lowest BCUT2D eigenvalue weighted by Crippen LogP contribution is -2.50. The molecule has 0 saturated carbocycles. The van der Waals surface area contributed by atoms with Gasteiger partial charge in [-0.3, -0.25) is 9.59 Å². The summed E-state index contributed by atoms with van der Waals surface area (Å²) in [6, 6.07) is 8.06. The molecule has 1 aromatic carbocycles. The fourth-order valence-corrected chi connectivity index (χ4v) is 5.97. The van der Waals surface area contributed by atoms with Crippen molar-refractivity contribution < 1.29 is 14.7 Å². The van der Waals surface area contributed by atoms with Crippen LogP contribution in [0.15, 0.2) is 24.3 Å². The first kappa shape index (κ1) is 22.6. The number of nitrogens with one attached hydrogen (secondary N) is 1. The second kappa shape index (κ2) is 10.3. The highest BCUT2D eigenvalue weighted by molar-refractivity contribution is 7.80. The van der Waals surface area contributed by atoms with Crippen LogP contribution < -0.4 is 5.32 Å². The zero-order valence-electron chi connectivity index (χ0n) is 18.2. The number of hydrogen-bond acceptors (Lipinski definition) is 5. The highest BCUT2D eigenvalue weighted by atomic mass is 32.1. The molecule has 2 fully saturated rings. The standard InChI is InChI=1S/C25H34N2O3S/c28-16-20-9-5-13-27(20)25(30)24-23(22(31)15-26-24)21(29)10-4-1-6-17-11-12-18-7-2-3-8-19(18)14-17/h2-3,7-8,17,20,23-24,26,28H,1,4-6,9-16H2/t17-,20+,23?,24+/m1/s1. The lowest BCUT2D eigenvalue weighted by atomic mass is 9.81. The summed E-state index contributed by atoms with van der Waals surface area (Å²) in [6.07, 6.45) is 8.83. The number of aryl methyl sites for hydroxylation is 1. The van der Waals surface area contributed by atoms with E-state index in [1.165, 1.54) is 17.5 Å². The van der Waals surface area contributed by atoms with Gasteiger partial charge in [-0.2, -0.15) is 0 Å². The van der Waals surface area contributed by atoms with Gasteiger partial charge in [0.25, 0.3) is 0 Å². The first-order valence-electron chi connectivity index (χ1n) is 11.9. The van der Waals surface area contributed by atoms with Crippen molar-refractivity contribution in [3.63, 3.8) is 0 Å². The molecule has 1 aromatic rings. The Morgan fingerprint density at radius 2 is 1.97 bits per heavy atom. The number of amides is 1. The Labute approximate surface area is 190 Å². The number of Topliss-reactive ketones (excluding diaryl/α,β-unsaturated/α-hetero) is 1. The van der Waals surface area contributed by atoms with Gasteiger partial charge in [0.2, 0.25) is 5.91 Å². The van der Waals surface area contributed by atoms with Crippen LogP contribution in [0.1, 0.15) is 56.1 Å². The number of benzene rings is 1. The molecule has 3 aliphatic rings. The maximum absolute atomic E-state index is 13.1. The topological polar surface area (TPSA) is 69.6 Å². The van der Waals surface area contributed by atoms with Gasteiger partial charge >= 0.3 is 0 Å². The Morgan fingerprint density at radius 3 is 2.77 bits per heavy atom. The highest BCUT2D eigenvalue weighted by Crippen LogP contribution is 2.29.